The Labute approximate surface area is 123 Å². The summed E-state index contributed by atoms with van der Waals surface area (Å²) in [4.78, 5) is 11.1. The zero-order chi connectivity index (χ0) is 16.5. The molecule has 1 aromatic carbocycles. The van der Waals surface area contributed by atoms with Gasteiger partial charge in [0.1, 0.15) is 11.8 Å². The molecular weight excluding hydrogens is 329 g/mol. The molecule has 1 fully saturated rings. The van der Waals surface area contributed by atoms with E-state index in [9.17, 15) is 26.4 Å². The smallest absolute Gasteiger partial charge is 0.406 e. The fourth-order valence-electron chi connectivity index (χ4n) is 1.85. The Kier molecular flexibility index (Phi) is 4.31. The van der Waals surface area contributed by atoms with Crippen LogP contribution < -0.4 is 9.46 Å². The Morgan fingerprint density at radius 3 is 2.32 bits per heavy atom. The van der Waals surface area contributed by atoms with Crippen LogP contribution in [0.4, 0.5) is 13.2 Å². The molecule has 1 aromatic rings. The van der Waals surface area contributed by atoms with Gasteiger partial charge in [-0.1, -0.05) is 0 Å². The molecule has 2 N–H and O–H groups in total. The number of nitrogens with one attached hydrogen (secondary N) is 1. The Morgan fingerprint density at radius 1 is 1.27 bits per heavy atom. The molecule has 1 saturated heterocycles. The van der Waals surface area contributed by atoms with E-state index in [0.717, 1.165) is 24.3 Å². The molecule has 1 aliphatic heterocycles. The Bertz CT molecular complexity index is 659. The zero-order valence-corrected chi connectivity index (χ0v) is 11.7. The van der Waals surface area contributed by atoms with Gasteiger partial charge in [0.05, 0.1) is 11.4 Å². The number of hydrogen-bond donors (Lipinski definition) is 2. The first-order chi connectivity index (χ1) is 10.1. The van der Waals surface area contributed by atoms with E-state index in [1.807, 2.05) is 0 Å². The number of halogens is 3. The summed E-state index contributed by atoms with van der Waals surface area (Å²) < 4.78 is 65.7. The van der Waals surface area contributed by atoms with E-state index in [4.69, 9.17) is 5.21 Å². The maximum atomic E-state index is 12.0. The van der Waals surface area contributed by atoms with Crippen LogP contribution in [0.3, 0.4) is 0 Å². The number of amides is 1. The lowest BCUT2D eigenvalue weighted by atomic mass is 10.3. The summed E-state index contributed by atoms with van der Waals surface area (Å²) in [5.41, 5.74) is 0. The molecule has 0 spiro atoms. The number of alkyl halides is 3. The van der Waals surface area contributed by atoms with Crippen molar-refractivity contribution in [2.24, 2.45) is 0 Å². The van der Waals surface area contributed by atoms with Crippen LogP contribution in [0, 0.1) is 0 Å². The van der Waals surface area contributed by atoms with Crippen LogP contribution in [0.5, 0.6) is 5.75 Å². The van der Waals surface area contributed by atoms with Gasteiger partial charge in [-0.15, -0.1) is 13.2 Å². The second kappa shape index (κ2) is 5.74. The van der Waals surface area contributed by atoms with Gasteiger partial charge in [0.25, 0.3) is 5.91 Å². The molecule has 11 heteroatoms. The minimum absolute atomic E-state index is 0.00954. The van der Waals surface area contributed by atoms with E-state index >= 15 is 0 Å². The Balaban J connectivity index is 2.11. The Hall–Kier alpha value is -1.85. The van der Waals surface area contributed by atoms with E-state index in [1.165, 1.54) is 0 Å². The van der Waals surface area contributed by atoms with Gasteiger partial charge < -0.3 is 4.74 Å². The van der Waals surface area contributed by atoms with E-state index in [1.54, 1.807) is 0 Å². The van der Waals surface area contributed by atoms with Gasteiger partial charge >= 0.3 is 6.36 Å². The number of carbonyl (C=O) groups excluding carboxylic acids is 1. The molecule has 1 unspecified atom stereocenters. The summed E-state index contributed by atoms with van der Waals surface area (Å²) in [6, 6.07) is 2.41. The van der Waals surface area contributed by atoms with Crippen molar-refractivity contribution in [2.45, 2.75) is 23.7 Å². The van der Waals surface area contributed by atoms with Crippen LogP contribution in [0.25, 0.3) is 0 Å². The van der Waals surface area contributed by atoms with Crippen LogP contribution in [-0.4, -0.2) is 43.5 Å². The molecule has 0 bridgehead atoms. The molecule has 1 amide bonds. The lowest BCUT2D eigenvalue weighted by molar-refractivity contribution is -0.274. The molecule has 1 aliphatic rings. The molecule has 0 aromatic heterocycles. The van der Waals surface area contributed by atoms with Gasteiger partial charge in [0.15, 0.2) is 0 Å². The number of benzene rings is 1. The normalized spacial score (nSPS) is 19.5. The van der Waals surface area contributed by atoms with Crippen molar-refractivity contribution >= 4 is 15.9 Å². The number of nitrogens with zero attached hydrogens (tertiary/aromatic N) is 1. The molecule has 1 atom stereocenters. The van der Waals surface area contributed by atoms with Crippen molar-refractivity contribution in [1.29, 1.82) is 0 Å². The summed E-state index contributed by atoms with van der Waals surface area (Å²) in [6.07, 6.45) is -4.79. The van der Waals surface area contributed by atoms with Crippen molar-refractivity contribution in [3.8, 4) is 5.75 Å². The minimum Gasteiger partial charge on any atom is -0.406 e. The molecule has 7 nitrogen and oxygen atoms in total. The molecule has 2 rings (SSSR count). The maximum Gasteiger partial charge on any atom is 0.573 e. The monoisotopic (exact) mass is 340 g/mol. The van der Waals surface area contributed by atoms with Crippen molar-refractivity contribution in [2.75, 3.05) is 6.54 Å². The van der Waals surface area contributed by atoms with Crippen LogP contribution >= 0.6 is 0 Å². The molecule has 22 heavy (non-hydrogen) atoms. The highest BCUT2D eigenvalue weighted by Crippen LogP contribution is 2.24. The third kappa shape index (κ3) is 3.87. The topological polar surface area (TPSA) is 95.9 Å². The summed E-state index contributed by atoms with van der Waals surface area (Å²) >= 11 is 0. The van der Waals surface area contributed by atoms with Gasteiger partial charge in [0.2, 0.25) is 10.0 Å². The van der Waals surface area contributed by atoms with Crippen LogP contribution in [0.1, 0.15) is 6.42 Å². The average molecular weight is 340 g/mol. The predicted octanol–water partition coefficient (Wildman–Crippen LogP) is 0.854. The molecule has 0 radical (unpaired) electrons. The maximum absolute atomic E-state index is 12.0. The second-order valence-electron chi connectivity index (χ2n) is 4.44. The summed E-state index contributed by atoms with van der Waals surface area (Å²) in [5, 5.41) is 9.50. The van der Waals surface area contributed by atoms with Crippen molar-refractivity contribution in [1.82, 2.24) is 9.79 Å². The van der Waals surface area contributed by atoms with Crippen molar-refractivity contribution in [3.05, 3.63) is 24.3 Å². The first-order valence-electron chi connectivity index (χ1n) is 5.97. The standard InChI is InChI=1S/C11H11F3N2O5S/c12-11(13,14)21-7-1-3-8(4-2-7)22(19,20)15-9-5-6-16(18)10(9)17/h1-4,9,15,18H,5-6H2. The average Bonchev–Trinajstić information content (AvgIpc) is 2.69. The third-order valence-corrected chi connectivity index (χ3v) is 4.33. The highest BCUT2D eigenvalue weighted by Gasteiger charge is 2.35. The first-order valence-corrected chi connectivity index (χ1v) is 7.45. The van der Waals surface area contributed by atoms with Crippen molar-refractivity contribution < 1.29 is 36.3 Å². The number of hydrogen-bond acceptors (Lipinski definition) is 5. The molecular formula is C11H11F3N2O5S. The van der Waals surface area contributed by atoms with Crippen LogP contribution in [-0.2, 0) is 14.8 Å². The van der Waals surface area contributed by atoms with Gasteiger partial charge in [-0.25, -0.2) is 13.5 Å². The fraction of sp³-hybridized carbons (Fsp3) is 0.364. The number of carbonyl (C=O) groups is 1. The zero-order valence-electron chi connectivity index (χ0n) is 10.9. The SMILES string of the molecule is O=C1C(NS(=O)(=O)c2ccc(OC(F)(F)F)cc2)CCN1O. The minimum atomic E-state index is -4.88. The van der Waals surface area contributed by atoms with Crippen LogP contribution in [0.15, 0.2) is 29.2 Å². The largest absolute Gasteiger partial charge is 0.573 e. The Morgan fingerprint density at radius 2 is 1.86 bits per heavy atom. The van der Waals surface area contributed by atoms with Crippen molar-refractivity contribution in [3.63, 3.8) is 0 Å². The van der Waals surface area contributed by atoms with Crippen LogP contribution in [0.2, 0.25) is 0 Å². The van der Waals surface area contributed by atoms with Gasteiger partial charge in [-0.3, -0.25) is 10.0 Å². The van der Waals surface area contributed by atoms with E-state index < -0.39 is 34.1 Å². The second-order valence-corrected chi connectivity index (χ2v) is 6.16. The number of rotatable bonds is 4. The number of ether oxygens (including phenoxy) is 1. The van der Waals surface area contributed by atoms with E-state index in [0.29, 0.717) is 5.06 Å². The lowest BCUT2D eigenvalue weighted by Crippen LogP contribution is -2.40. The number of sulfonamides is 1. The van der Waals surface area contributed by atoms with Gasteiger partial charge in [-0.05, 0) is 30.7 Å². The molecule has 1 heterocycles. The molecule has 0 aliphatic carbocycles. The highest BCUT2D eigenvalue weighted by molar-refractivity contribution is 7.89. The summed E-state index contributed by atoms with van der Waals surface area (Å²) in [7, 11) is -4.11. The molecule has 0 saturated carbocycles. The van der Waals surface area contributed by atoms with Gasteiger partial charge in [0, 0.05) is 0 Å². The lowest BCUT2D eigenvalue weighted by Gasteiger charge is -2.13. The predicted molar refractivity (Wildman–Crippen MR) is 65.4 cm³/mol. The molecule has 122 valence electrons. The first kappa shape index (κ1) is 16.5. The quantitative estimate of drug-likeness (QED) is 0.793. The third-order valence-electron chi connectivity index (χ3n) is 2.85. The van der Waals surface area contributed by atoms with Gasteiger partial charge in [-0.2, -0.15) is 4.72 Å². The number of hydroxylamine groups is 2. The fourth-order valence-corrected chi connectivity index (χ4v) is 3.07. The highest BCUT2D eigenvalue weighted by atomic mass is 32.2. The van der Waals surface area contributed by atoms with E-state index in [-0.39, 0.29) is 17.9 Å². The van der Waals surface area contributed by atoms with E-state index in [2.05, 4.69) is 9.46 Å². The summed E-state index contributed by atoms with van der Waals surface area (Å²) in [6.45, 7) is -0.00954. The summed E-state index contributed by atoms with van der Waals surface area (Å²) in [5.74, 6) is -1.36.